The molecule has 3 nitrogen and oxygen atoms in total. The van der Waals surface area contributed by atoms with Crippen LogP contribution in [0, 0.1) is 11.6 Å². The van der Waals surface area contributed by atoms with E-state index < -0.39 is 11.6 Å². The van der Waals surface area contributed by atoms with Crippen molar-refractivity contribution in [3.8, 4) is 5.75 Å². The number of halogens is 2. The van der Waals surface area contributed by atoms with E-state index in [4.69, 9.17) is 4.74 Å². The number of carbonyl (C=O) groups is 1. The minimum absolute atomic E-state index is 0.0273. The summed E-state index contributed by atoms with van der Waals surface area (Å²) in [5.41, 5.74) is 2.60. The van der Waals surface area contributed by atoms with Crippen molar-refractivity contribution >= 4 is 22.9 Å². The first-order valence-corrected chi connectivity index (χ1v) is 8.99. The summed E-state index contributed by atoms with van der Waals surface area (Å²) in [6.45, 7) is 2.12. The van der Waals surface area contributed by atoms with Crippen molar-refractivity contribution in [2.75, 3.05) is 5.32 Å². The highest BCUT2D eigenvalue weighted by Crippen LogP contribution is 2.22. The second-order valence-electron chi connectivity index (χ2n) is 5.65. The van der Waals surface area contributed by atoms with Gasteiger partial charge in [-0.15, -0.1) is 11.3 Å². The highest BCUT2D eigenvalue weighted by Gasteiger charge is 2.12. The number of ether oxygens (including phenoxy) is 1. The molecule has 1 aromatic heterocycles. The van der Waals surface area contributed by atoms with Gasteiger partial charge in [0.2, 0.25) is 0 Å². The second kappa shape index (κ2) is 8.10. The molecule has 6 heteroatoms. The lowest BCUT2D eigenvalue weighted by Crippen LogP contribution is -2.11. The summed E-state index contributed by atoms with van der Waals surface area (Å²) in [6.07, 6.45) is 0.823. The summed E-state index contributed by atoms with van der Waals surface area (Å²) in [6, 6.07) is 12.5. The van der Waals surface area contributed by atoms with Crippen LogP contribution in [0.2, 0.25) is 0 Å². The van der Waals surface area contributed by atoms with Gasteiger partial charge < -0.3 is 10.1 Å². The number of thiophene rings is 1. The monoisotopic (exact) mass is 373 g/mol. The maximum absolute atomic E-state index is 13.6. The van der Waals surface area contributed by atoms with E-state index in [9.17, 15) is 13.6 Å². The average Bonchev–Trinajstić information content (AvgIpc) is 3.10. The van der Waals surface area contributed by atoms with Gasteiger partial charge in [-0.3, -0.25) is 4.79 Å². The lowest BCUT2D eigenvalue weighted by molar-refractivity contribution is 0.103. The van der Waals surface area contributed by atoms with E-state index in [1.165, 1.54) is 17.4 Å². The summed E-state index contributed by atoms with van der Waals surface area (Å²) < 4.78 is 31.8. The maximum Gasteiger partial charge on any atom is 0.265 e. The number of nitrogens with one attached hydrogen (secondary N) is 1. The highest BCUT2D eigenvalue weighted by molar-refractivity contribution is 7.12. The molecule has 0 saturated heterocycles. The molecule has 1 heterocycles. The van der Waals surface area contributed by atoms with Crippen molar-refractivity contribution in [3.63, 3.8) is 0 Å². The highest BCUT2D eigenvalue weighted by atomic mass is 32.1. The first-order valence-electron chi connectivity index (χ1n) is 8.11. The Balaban J connectivity index is 1.64. The topological polar surface area (TPSA) is 38.3 Å². The molecule has 0 atom stereocenters. The van der Waals surface area contributed by atoms with Crippen LogP contribution in [0.3, 0.4) is 0 Å². The Bertz CT molecular complexity index is 924. The van der Waals surface area contributed by atoms with Crippen molar-refractivity contribution in [1.29, 1.82) is 0 Å². The smallest absolute Gasteiger partial charge is 0.265 e. The average molecular weight is 373 g/mol. The van der Waals surface area contributed by atoms with Crippen LogP contribution in [0.1, 0.15) is 27.7 Å². The van der Waals surface area contributed by atoms with E-state index >= 15 is 0 Å². The predicted octanol–water partition coefficient (Wildman–Crippen LogP) is 5.42. The molecular formula is C20H17F2NO2S. The molecule has 0 spiro atoms. The Morgan fingerprint density at radius 2 is 1.96 bits per heavy atom. The van der Waals surface area contributed by atoms with Crippen molar-refractivity contribution in [2.24, 2.45) is 0 Å². The fourth-order valence-corrected chi connectivity index (χ4v) is 3.25. The van der Waals surface area contributed by atoms with Crippen molar-refractivity contribution in [3.05, 3.63) is 81.5 Å². The Morgan fingerprint density at radius 1 is 1.15 bits per heavy atom. The number of benzene rings is 2. The van der Waals surface area contributed by atoms with E-state index in [2.05, 4.69) is 5.32 Å². The molecule has 0 unspecified atom stereocenters. The Labute approximate surface area is 154 Å². The Kier molecular flexibility index (Phi) is 5.63. The molecule has 0 radical (unpaired) electrons. The zero-order valence-electron chi connectivity index (χ0n) is 14.1. The molecule has 0 fully saturated rings. The van der Waals surface area contributed by atoms with Crippen LogP contribution in [0.5, 0.6) is 5.75 Å². The molecule has 0 aliphatic rings. The van der Waals surface area contributed by atoms with Crippen LogP contribution in [0.25, 0.3) is 0 Å². The van der Waals surface area contributed by atoms with Gasteiger partial charge in [-0.1, -0.05) is 25.1 Å². The largest absolute Gasteiger partial charge is 0.486 e. The van der Waals surface area contributed by atoms with Crippen LogP contribution >= 0.6 is 11.3 Å². The van der Waals surface area contributed by atoms with E-state index in [1.54, 1.807) is 11.4 Å². The van der Waals surface area contributed by atoms with Gasteiger partial charge in [-0.2, -0.15) is 0 Å². The first kappa shape index (κ1) is 18.1. The van der Waals surface area contributed by atoms with Gasteiger partial charge in [0.25, 0.3) is 5.91 Å². The summed E-state index contributed by atoms with van der Waals surface area (Å²) >= 11 is 1.29. The zero-order chi connectivity index (χ0) is 18.5. The predicted molar refractivity (Wildman–Crippen MR) is 98.8 cm³/mol. The molecule has 1 N–H and O–H groups in total. The summed E-state index contributed by atoms with van der Waals surface area (Å²) in [4.78, 5) is 13.0. The standard InChI is InChI=1S/C20H17F2NO2S/c1-2-14-5-3-4-6-17(14)23-20(24)19-9-13(12-26-19)11-25-18-8-7-15(21)10-16(18)22/h3-10,12H,2,11H2,1H3,(H,23,24). The quantitative estimate of drug-likeness (QED) is 0.626. The third kappa shape index (κ3) is 4.26. The molecule has 1 amide bonds. The molecule has 134 valence electrons. The molecule has 2 aromatic carbocycles. The number of hydrogen-bond donors (Lipinski definition) is 1. The normalized spacial score (nSPS) is 10.6. The van der Waals surface area contributed by atoms with Crippen molar-refractivity contribution < 1.29 is 18.3 Å². The molecule has 3 aromatic rings. The number of para-hydroxylation sites is 1. The van der Waals surface area contributed by atoms with Gasteiger partial charge in [-0.25, -0.2) is 8.78 Å². The van der Waals surface area contributed by atoms with Crippen LogP contribution in [-0.4, -0.2) is 5.91 Å². The first-order chi connectivity index (χ1) is 12.6. The zero-order valence-corrected chi connectivity index (χ0v) is 14.9. The Hall–Kier alpha value is -2.73. The van der Waals surface area contributed by atoms with Gasteiger partial charge in [-0.05, 0) is 41.6 Å². The molecule has 0 bridgehead atoms. The molecular weight excluding hydrogens is 356 g/mol. The number of aryl methyl sites for hydroxylation is 1. The fraction of sp³-hybridized carbons (Fsp3) is 0.150. The fourth-order valence-electron chi connectivity index (χ4n) is 2.46. The van der Waals surface area contributed by atoms with Crippen LogP contribution in [0.15, 0.2) is 53.9 Å². The van der Waals surface area contributed by atoms with E-state index in [-0.39, 0.29) is 18.3 Å². The number of anilines is 1. The van der Waals surface area contributed by atoms with Crippen LogP contribution in [0.4, 0.5) is 14.5 Å². The number of carbonyl (C=O) groups excluding carboxylic acids is 1. The molecule has 0 saturated carbocycles. The summed E-state index contributed by atoms with van der Waals surface area (Å²) in [7, 11) is 0. The van der Waals surface area contributed by atoms with Crippen molar-refractivity contribution in [2.45, 2.75) is 20.0 Å². The minimum Gasteiger partial charge on any atom is -0.486 e. The molecule has 3 rings (SSSR count). The number of hydrogen-bond acceptors (Lipinski definition) is 3. The van der Waals surface area contributed by atoms with Crippen LogP contribution in [-0.2, 0) is 13.0 Å². The molecule has 26 heavy (non-hydrogen) atoms. The Morgan fingerprint density at radius 3 is 2.73 bits per heavy atom. The van der Waals surface area contributed by atoms with Gasteiger partial charge in [0.15, 0.2) is 11.6 Å². The summed E-state index contributed by atoms with van der Waals surface area (Å²) in [5.74, 6) is -1.64. The van der Waals surface area contributed by atoms with E-state index in [1.807, 2.05) is 31.2 Å². The van der Waals surface area contributed by atoms with Crippen molar-refractivity contribution in [1.82, 2.24) is 0 Å². The number of rotatable bonds is 6. The SMILES string of the molecule is CCc1ccccc1NC(=O)c1cc(COc2ccc(F)cc2F)cs1. The molecule has 0 aliphatic carbocycles. The van der Waals surface area contributed by atoms with E-state index in [0.717, 1.165) is 35.4 Å². The van der Waals surface area contributed by atoms with E-state index in [0.29, 0.717) is 4.88 Å². The second-order valence-corrected chi connectivity index (χ2v) is 6.56. The molecule has 0 aliphatic heterocycles. The number of amides is 1. The minimum atomic E-state index is -0.755. The van der Waals surface area contributed by atoms with Gasteiger partial charge in [0, 0.05) is 17.3 Å². The van der Waals surface area contributed by atoms with Gasteiger partial charge in [0.1, 0.15) is 12.4 Å². The summed E-state index contributed by atoms with van der Waals surface area (Å²) in [5, 5.41) is 4.69. The van der Waals surface area contributed by atoms with Crippen LogP contribution < -0.4 is 10.1 Å². The third-order valence-electron chi connectivity index (χ3n) is 3.81. The van der Waals surface area contributed by atoms with Gasteiger partial charge in [0.05, 0.1) is 4.88 Å². The third-order valence-corrected chi connectivity index (χ3v) is 4.79. The van der Waals surface area contributed by atoms with Gasteiger partial charge >= 0.3 is 0 Å². The lowest BCUT2D eigenvalue weighted by atomic mass is 10.1. The maximum atomic E-state index is 13.6. The lowest BCUT2D eigenvalue weighted by Gasteiger charge is -2.08.